The van der Waals surface area contributed by atoms with Crippen LogP contribution in [-0.4, -0.2) is 22.7 Å². The SMILES string of the molecule is CCNC(Cc1nc(-c2ccc(F)cc2C)no1)C1CC1. The van der Waals surface area contributed by atoms with Crippen LogP contribution >= 0.6 is 0 Å². The molecule has 1 heterocycles. The lowest BCUT2D eigenvalue weighted by molar-refractivity contribution is 0.348. The van der Waals surface area contributed by atoms with Crippen molar-refractivity contribution in [3.8, 4) is 11.4 Å². The second-order valence-corrected chi connectivity index (χ2v) is 5.68. The fraction of sp³-hybridized carbons (Fsp3) is 0.500. The summed E-state index contributed by atoms with van der Waals surface area (Å²) in [5, 5.41) is 7.52. The third kappa shape index (κ3) is 3.29. The molecule has 1 saturated carbocycles. The number of nitrogens with zero attached hydrogens (tertiary/aromatic N) is 2. The van der Waals surface area contributed by atoms with E-state index in [2.05, 4.69) is 22.4 Å². The van der Waals surface area contributed by atoms with Crippen LogP contribution in [0.5, 0.6) is 0 Å². The van der Waals surface area contributed by atoms with Crippen molar-refractivity contribution in [3.05, 3.63) is 35.5 Å². The van der Waals surface area contributed by atoms with E-state index in [0.717, 1.165) is 30.0 Å². The molecule has 2 aromatic rings. The van der Waals surface area contributed by atoms with E-state index in [9.17, 15) is 4.39 Å². The lowest BCUT2D eigenvalue weighted by Gasteiger charge is -2.14. The lowest BCUT2D eigenvalue weighted by Crippen LogP contribution is -2.33. The Kier molecular flexibility index (Phi) is 4.01. The molecule has 1 aliphatic rings. The summed E-state index contributed by atoms with van der Waals surface area (Å²) in [6.45, 7) is 4.90. The highest BCUT2D eigenvalue weighted by Crippen LogP contribution is 2.34. The molecule has 1 aliphatic carbocycles. The molecule has 112 valence electrons. The molecular weight excluding hydrogens is 269 g/mol. The van der Waals surface area contributed by atoms with Crippen LogP contribution in [0.3, 0.4) is 0 Å². The Bertz CT molecular complexity index is 622. The van der Waals surface area contributed by atoms with E-state index in [4.69, 9.17) is 4.52 Å². The highest BCUT2D eigenvalue weighted by atomic mass is 19.1. The molecule has 1 N–H and O–H groups in total. The van der Waals surface area contributed by atoms with Crippen molar-refractivity contribution in [2.45, 2.75) is 39.2 Å². The molecule has 1 fully saturated rings. The van der Waals surface area contributed by atoms with Crippen LogP contribution in [0.4, 0.5) is 4.39 Å². The maximum atomic E-state index is 13.1. The predicted octanol–water partition coefficient (Wildman–Crippen LogP) is 3.11. The maximum Gasteiger partial charge on any atom is 0.228 e. The first-order valence-electron chi connectivity index (χ1n) is 7.50. The first-order valence-corrected chi connectivity index (χ1v) is 7.50. The first kappa shape index (κ1) is 14.2. The number of nitrogens with one attached hydrogen (secondary N) is 1. The molecular formula is C16H20FN3O. The minimum Gasteiger partial charge on any atom is -0.339 e. The molecule has 1 atom stereocenters. The quantitative estimate of drug-likeness (QED) is 0.887. The third-order valence-electron chi connectivity index (χ3n) is 3.95. The van der Waals surface area contributed by atoms with E-state index in [1.165, 1.54) is 25.0 Å². The number of hydrogen-bond acceptors (Lipinski definition) is 4. The fourth-order valence-electron chi connectivity index (χ4n) is 2.68. The number of aromatic nitrogens is 2. The van der Waals surface area contributed by atoms with Gasteiger partial charge in [-0.3, -0.25) is 0 Å². The van der Waals surface area contributed by atoms with Crippen molar-refractivity contribution in [1.82, 2.24) is 15.5 Å². The van der Waals surface area contributed by atoms with E-state index in [0.29, 0.717) is 17.8 Å². The van der Waals surface area contributed by atoms with Gasteiger partial charge in [0.2, 0.25) is 11.7 Å². The van der Waals surface area contributed by atoms with Crippen LogP contribution < -0.4 is 5.32 Å². The molecule has 0 bridgehead atoms. The second kappa shape index (κ2) is 5.93. The largest absolute Gasteiger partial charge is 0.339 e. The lowest BCUT2D eigenvalue weighted by atomic mass is 10.1. The summed E-state index contributed by atoms with van der Waals surface area (Å²) >= 11 is 0. The van der Waals surface area contributed by atoms with Gasteiger partial charge in [-0.05, 0) is 56.0 Å². The minimum atomic E-state index is -0.249. The summed E-state index contributed by atoms with van der Waals surface area (Å²) in [5.74, 6) is 1.66. The Morgan fingerprint density at radius 3 is 2.90 bits per heavy atom. The van der Waals surface area contributed by atoms with Crippen LogP contribution in [0.15, 0.2) is 22.7 Å². The Morgan fingerprint density at radius 2 is 2.24 bits per heavy atom. The molecule has 0 radical (unpaired) electrons. The number of hydrogen-bond donors (Lipinski definition) is 1. The summed E-state index contributed by atoms with van der Waals surface area (Å²) in [6.07, 6.45) is 3.30. The van der Waals surface area contributed by atoms with Crippen LogP contribution in [0.2, 0.25) is 0 Å². The highest BCUT2D eigenvalue weighted by molar-refractivity contribution is 5.59. The molecule has 1 aromatic heterocycles. The summed E-state index contributed by atoms with van der Waals surface area (Å²) in [4.78, 5) is 4.46. The summed E-state index contributed by atoms with van der Waals surface area (Å²) in [6, 6.07) is 5.01. The Labute approximate surface area is 123 Å². The maximum absolute atomic E-state index is 13.1. The third-order valence-corrected chi connectivity index (χ3v) is 3.95. The number of likely N-dealkylation sites (N-methyl/N-ethyl adjacent to an activating group) is 1. The van der Waals surface area contributed by atoms with E-state index < -0.39 is 0 Å². The van der Waals surface area contributed by atoms with Gasteiger partial charge in [0.1, 0.15) is 5.82 Å². The van der Waals surface area contributed by atoms with Gasteiger partial charge in [-0.25, -0.2) is 4.39 Å². The number of rotatable bonds is 6. The number of aryl methyl sites for hydroxylation is 1. The average Bonchev–Trinajstić information content (AvgIpc) is 3.19. The molecule has 0 spiro atoms. The van der Waals surface area contributed by atoms with Gasteiger partial charge in [-0.1, -0.05) is 12.1 Å². The van der Waals surface area contributed by atoms with Gasteiger partial charge in [0, 0.05) is 18.0 Å². The van der Waals surface area contributed by atoms with Crippen molar-refractivity contribution >= 4 is 0 Å². The molecule has 0 amide bonds. The molecule has 1 aromatic carbocycles. The summed E-state index contributed by atoms with van der Waals surface area (Å²) in [5.41, 5.74) is 1.63. The van der Waals surface area contributed by atoms with Gasteiger partial charge in [-0.15, -0.1) is 0 Å². The molecule has 3 rings (SSSR count). The van der Waals surface area contributed by atoms with E-state index in [1.54, 1.807) is 6.07 Å². The molecule has 0 aliphatic heterocycles. The van der Waals surface area contributed by atoms with Gasteiger partial charge in [-0.2, -0.15) is 4.98 Å². The van der Waals surface area contributed by atoms with Crippen molar-refractivity contribution in [3.63, 3.8) is 0 Å². The smallest absolute Gasteiger partial charge is 0.228 e. The molecule has 21 heavy (non-hydrogen) atoms. The molecule has 0 saturated heterocycles. The van der Waals surface area contributed by atoms with E-state index in [1.807, 2.05) is 6.92 Å². The number of benzene rings is 1. The molecule has 4 nitrogen and oxygen atoms in total. The average molecular weight is 289 g/mol. The molecule has 5 heteroatoms. The van der Waals surface area contributed by atoms with Crippen molar-refractivity contribution in [2.24, 2.45) is 5.92 Å². The highest BCUT2D eigenvalue weighted by Gasteiger charge is 2.32. The monoisotopic (exact) mass is 289 g/mol. The number of halogens is 1. The van der Waals surface area contributed by atoms with Gasteiger partial charge >= 0.3 is 0 Å². The van der Waals surface area contributed by atoms with Crippen molar-refractivity contribution < 1.29 is 8.91 Å². The van der Waals surface area contributed by atoms with Gasteiger partial charge in [0.05, 0.1) is 0 Å². The standard InChI is InChI=1S/C16H20FN3O/c1-3-18-14(11-4-5-11)9-15-19-16(20-21-15)13-7-6-12(17)8-10(13)2/h6-8,11,14,18H,3-5,9H2,1-2H3. The Balaban J connectivity index is 1.76. The van der Waals surface area contributed by atoms with Crippen LogP contribution in [0.25, 0.3) is 11.4 Å². The Hall–Kier alpha value is -1.75. The van der Waals surface area contributed by atoms with Crippen molar-refractivity contribution in [2.75, 3.05) is 6.54 Å². The van der Waals surface area contributed by atoms with Crippen LogP contribution in [0.1, 0.15) is 31.2 Å². The second-order valence-electron chi connectivity index (χ2n) is 5.68. The summed E-state index contributed by atoms with van der Waals surface area (Å²) < 4.78 is 18.5. The fourth-order valence-corrected chi connectivity index (χ4v) is 2.68. The van der Waals surface area contributed by atoms with E-state index in [-0.39, 0.29) is 5.82 Å². The van der Waals surface area contributed by atoms with Gasteiger partial charge in [0.15, 0.2) is 0 Å². The van der Waals surface area contributed by atoms with Gasteiger partial charge < -0.3 is 9.84 Å². The van der Waals surface area contributed by atoms with E-state index >= 15 is 0 Å². The zero-order valence-electron chi connectivity index (χ0n) is 12.4. The Morgan fingerprint density at radius 1 is 1.43 bits per heavy atom. The summed E-state index contributed by atoms with van der Waals surface area (Å²) in [7, 11) is 0. The zero-order chi connectivity index (χ0) is 14.8. The predicted molar refractivity (Wildman–Crippen MR) is 78.3 cm³/mol. The zero-order valence-corrected chi connectivity index (χ0v) is 12.4. The van der Waals surface area contributed by atoms with Gasteiger partial charge in [0.25, 0.3) is 0 Å². The van der Waals surface area contributed by atoms with Crippen molar-refractivity contribution in [1.29, 1.82) is 0 Å². The normalized spacial score (nSPS) is 16.1. The minimum absolute atomic E-state index is 0.249. The van der Waals surface area contributed by atoms with Crippen LogP contribution in [0, 0.1) is 18.7 Å². The van der Waals surface area contributed by atoms with Crippen LogP contribution in [-0.2, 0) is 6.42 Å². The first-order chi connectivity index (χ1) is 10.2. The molecule has 1 unspecified atom stereocenters. The topological polar surface area (TPSA) is 51.0 Å².